The lowest BCUT2D eigenvalue weighted by Gasteiger charge is -2.21. The van der Waals surface area contributed by atoms with Crippen LogP contribution in [0.1, 0.15) is 44.9 Å². The number of nitrogens with one attached hydrogen (secondary N) is 1. The van der Waals surface area contributed by atoms with Gasteiger partial charge < -0.3 is 10.1 Å². The molecule has 2 aromatic rings. The molecule has 0 bridgehead atoms. The molecule has 1 saturated carbocycles. The molecule has 0 unspecified atom stereocenters. The molecule has 146 valence electrons. The van der Waals surface area contributed by atoms with Gasteiger partial charge in [-0.1, -0.05) is 35.2 Å². The Balaban J connectivity index is 1.39. The summed E-state index contributed by atoms with van der Waals surface area (Å²) in [7, 11) is 0. The minimum absolute atomic E-state index is 0.0612. The van der Waals surface area contributed by atoms with E-state index in [1.165, 1.54) is 30.2 Å². The van der Waals surface area contributed by atoms with Gasteiger partial charge in [-0.2, -0.15) is 0 Å². The summed E-state index contributed by atoms with van der Waals surface area (Å²) in [6.07, 6.45) is 9.16. The summed E-state index contributed by atoms with van der Waals surface area (Å²) in [4.78, 5) is 28.8. The van der Waals surface area contributed by atoms with Gasteiger partial charge in [0, 0.05) is 30.6 Å². The van der Waals surface area contributed by atoms with Gasteiger partial charge in [0.1, 0.15) is 0 Å². The highest BCUT2D eigenvalue weighted by molar-refractivity contribution is 9.10. The van der Waals surface area contributed by atoms with Crippen LogP contribution in [0.4, 0.5) is 0 Å². The van der Waals surface area contributed by atoms with Gasteiger partial charge in [-0.25, -0.2) is 4.98 Å². The Bertz CT molecular complexity index is 831. The van der Waals surface area contributed by atoms with Crippen LogP contribution in [0.5, 0.6) is 0 Å². The van der Waals surface area contributed by atoms with E-state index in [0.29, 0.717) is 36.7 Å². The summed E-state index contributed by atoms with van der Waals surface area (Å²) in [6, 6.07) is 5.41. The number of aryl methyl sites for hydroxylation is 1. The smallest absolute Gasteiger partial charge is 0.261 e. The minimum Gasteiger partial charge on any atom is -0.378 e. The Morgan fingerprint density at radius 2 is 2.11 bits per heavy atom. The number of nitrogens with zero attached hydrogens (tertiary/aromatic N) is 2. The Kier molecular flexibility index (Phi) is 7.41. The topological polar surface area (TPSA) is 73.2 Å². The standard InChI is InChI=1S/C20H26BrN3O3/c21-15-7-8-18-17(13-15)20(26)24(14-23-18)11-9-19(25)22-10-4-12-27-16-5-2-1-3-6-16/h7-8,13-14,16H,1-6,9-12H2,(H,22,25). The van der Waals surface area contributed by atoms with Crippen LogP contribution in [-0.2, 0) is 16.1 Å². The average molecular weight is 436 g/mol. The molecule has 1 aromatic carbocycles. The van der Waals surface area contributed by atoms with Gasteiger partial charge in [-0.05, 0) is 37.5 Å². The van der Waals surface area contributed by atoms with Crippen molar-refractivity contribution in [1.29, 1.82) is 0 Å². The molecule has 1 aliphatic carbocycles. The predicted octanol–water partition coefficient (Wildman–Crippen LogP) is 3.40. The maximum atomic E-state index is 12.5. The first-order valence-electron chi connectivity index (χ1n) is 9.66. The van der Waals surface area contributed by atoms with E-state index in [1.807, 2.05) is 6.07 Å². The molecule has 1 aliphatic rings. The van der Waals surface area contributed by atoms with Gasteiger partial charge in [-0.3, -0.25) is 14.2 Å². The fourth-order valence-corrected chi connectivity index (χ4v) is 3.74. The van der Waals surface area contributed by atoms with Crippen LogP contribution in [0.15, 0.2) is 33.8 Å². The van der Waals surface area contributed by atoms with Gasteiger partial charge in [0.25, 0.3) is 5.56 Å². The number of halogens is 1. The Morgan fingerprint density at radius 3 is 2.93 bits per heavy atom. The lowest BCUT2D eigenvalue weighted by molar-refractivity contribution is -0.121. The molecule has 3 rings (SSSR count). The van der Waals surface area contributed by atoms with Crippen LogP contribution in [0.25, 0.3) is 10.9 Å². The molecule has 0 atom stereocenters. The number of amides is 1. The van der Waals surface area contributed by atoms with E-state index in [4.69, 9.17) is 4.74 Å². The second kappa shape index (κ2) is 9.99. The zero-order valence-corrected chi connectivity index (χ0v) is 17.0. The summed E-state index contributed by atoms with van der Waals surface area (Å²) in [5.74, 6) is -0.0612. The molecule has 0 aliphatic heterocycles. The van der Waals surface area contributed by atoms with Crippen LogP contribution in [-0.4, -0.2) is 34.7 Å². The molecule has 0 spiro atoms. The van der Waals surface area contributed by atoms with E-state index in [0.717, 1.165) is 23.7 Å². The zero-order chi connectivity index (χ0) is 19.1. The molecule has 7 heteroatoms. The maximum Gasteiger partial charge on any atom is 0.261 e. The van der Waals surface area contributed by atoms with Crippen molar-refractivity contribution in [3.63, 3.8) is 0 Å². The second-order valence-corrected chi connectivity index (χ2v) is 7.90. The fourth-order valence-electron chi connectivity index (χ4n) is 3.38. The Hall–Kier alpha value is -1.73. The van der Waals surface area contributed by atoms with Crippen molar-refractivity contribution in [1.82, 2.24) is 14.9 Å². The quantitative estimate of drug-likeness (QED) is 0.644. The Labute approximate surface area is 167 Å². The number of aromatic nitrogens is 2. The minimum atomic E-state index is -0.130. The van der Waals surface area contributed by atoms with Crippen LogP contribution in [0.3, 0.4) is 0 Å². The lowest BCUT2D eigenvalue weighted by Crippen LogP contribution is -2.29. The van der Waals surface area contributed by atoms with Crippen LogP contribution in [0, 0.1) is 0 Å². The van der Waals surface area contributed by atoms with Crippen molar-refractivity contribution >= 4 is 32.7 Å². The summed E-state index contributed by atoms with van der Waals surface area (Å²) in [6.45, 7) is 1.61. The van der Waals surface area contributed by atoms with Gasteiger partial charge >= 0.3 is 0 Å². The molecule has 6 nitrogen and oxygen atoms in total. The number of hydrogen-bond acceptors (Lipinski definition) is 4. The van der Waals surface area contributed by atoms with Crippen LogP contribution in [0.2, 0.25) is 0 Å². The zero-order valence-electron chi connectivity index (χ0n) is 15.5. The number of carbonyl (C=O) groups is 1. The third-order valence-electron chi connectivity index (χ3n) is 4.91. The van der Waals surface area contributed by atoms with Gasteiger partial charge in [0.2, 0.25) is 5.91 Å². The monoisotopic (exact) mass is 435 g/mol. The molecule has 1 heterocycles. The van der Waals surface area contributed by atoms with Crippen LogP contribution >= 0.6 is 15.9 Å². The predicted molar refractivity (Wildman–Crippen MR) is 109 cm³/mol. The summed E-state index contributed by atoms with van der Waals surface area (Å²) in [5.41, 5.74) is 0.525. The maximum absolute atomic E-state index is 12.5. The van der Waals surface area contributed by atoms with Crippen molar-refractivity contribution in [3.8, 4) is 0 Å². The van der Waals surface area contributed by atoms with E-state index in [9.17, 15) is 9.59 Å². The second-order valence-electron chi connectivity index (χ2n) is 6.99. The summed E-state index contributed by atoms with van der Waals surface area (Å²) >= 11 is 3.37. The van der Waals surface area contributed by atoms with Crippen molar-refractivity contribution in [2.24, 2.45) is 0 Å². The number of fused-ring (bicyclic) bond motifs is 1. The van der Waals surface area contributed by atoms with Gasteiger partial charge in [-0.15, -0.1) is 0 Å². The molecule has 1 aromatic heterocycles. The molecule has 0 saturated heterocycles. The number of rotatable bonds is 8. The number of ether oxygens (including phenoxy) is 1. The first-order valence-corrected chi connectivity index (χ1v) is 10.5. The van der Waals surface area contributed by atoms with Gasteiger partial charge in [0.15, 0.2) is 0 Å². The normalized spacial score (nSPS) is 15.1. The molecule has 27 heavy (non-hydrogen) atoms. The number of benzene rings is 1. The van der Waals surface area contributed by atoms with E-state index in [2.05, 4.69) is 26.2 Å². The van der Waals surface area contributed by atoms with E-state index >= 15 is 0 Å². The third kappa shape index (κ3) is 5.87. The molecule has 0 radical (unpaired) electrons. The largest absolute Gasteiger partial charge is 0.378 e. The van der Waals surface area contributed by atoms with Crippen molar-refractivity contribution in [2.45, 2.75) is 57.6 Å². The molecule has 1 amide bonds. The lowest BCUT2D eigenvalue weighted by atomic mass is 9.98. The Morgan fingerprint density at radius 1 is 1.30 bits per heavy atom. The van der Waals surface area contributed by atoms with E-state index in [1.54, 1.807) is 12.1 Å². The highest BCUT2D eigenvalue weighted by atomic mass is 79.9. The molecule has 1 fully saturated rings. The summed E-state index contributed by atoms with van der Waals surface area (Å²) in [5, 5.41) is 3.44. The fraction of sp³-hybridized carbons (Fsp3) is 0.550. The highest BCUT2D eigenvalue weighted by Gasteiger charge is 2.13. The average Bonchev–Trinajstić information content (AvgIpc) is 2.68. The van der Waals surface area contributed by atoms with Crippen molar-refractivity contribution in [2.75, 3.05) is 13.2 Å². The first-order chi connectivity index (χ1) is 13.1. The SMILES string of the molecule is O=C(CCn1cnc2ccc(Br)cc2c1=O)NCCCOC1CCCCC1. The van der Waals surface area contributed by atoms with Crippen molar-refractivity contribution < 1.29 is 9.53 Å². The number of carbonyl (C=O) groups excluding carboxylic acids is 1. The molecular weight excluding hydrogens is 410 g/mol. The molecule has 1 N–H and O–H groups in total. The third-order valence-corrected chi connectivity index (χ3v) is 5.41. The first kappa shape index (κ1) is 20.0. The molecular formula is C20H26BrN3O3. The van der Waals surface area contributed by atoms with Gasteiger partial charge in [0.05, 0.1) is 23.3 Å². The highest BCUT2D eigenvalue weighted by Crippen LogP contribution is 2.20. The van der Waals surface area contributed by atoms with E-state index < -0.39 is 0 Å². The van der Waals surface area contributed by atoms with E-state index in [-0.39, 0.29) is 17.9 Å². The van der Waals surface area contributed by atoms with Crippen LogP contribution < -0.4 is 10.9 Å². The summed E-state index contributed by atoms with van der Waals surface area (Å²) < 4.78 is 8.17. The van der Waals surface area contributed by atoms with Crippen molar-refractivity contribution in [3.05, 3.63) is 39.4 Å². The number of hydrogen-bond donors (Lipinski definition) is 1.